The van der Waals surface area contributed by atoms with Crippen LogP contribution in [0.2, 0.25) is 0 Å². The second-order valence-electron chi connectivity index (χ2n) is 7.12. The first kappa shape index (κ1) is 16.5. The lowest BCUT2D eigenvalue weighted by molar-refractivity contribution is 0.180. The van der Waals surface area contributed by atoms with Crippen LogP contribution in [0.3, 0.4) is 0 Å². The van der Waals surface area contributed by atoms with E-state index < -0.39 is 0 Å². The van der Waals surface area contributed by atoms with E-state index in [-0.39, 0.29) is 0 Å². The number of hydrogen-bond donors (Lipinski definition) is 1. The number of benzene rings is 1. The van der Waals surface area contributed by atoms with Gasteiger partial charge in [0, 0.05) is 25.0 Å². The molecule has 0 spiro atoms. The van der Waals surface area contributed by atoms with Gasteiger partial charge in [-0.2, -0.15) is 4.98 Å². The zero-order valence-electron chi connectivity index (χ0n) is 14.6. The third-order valence-corrected chi connectivity index (χ3v) is 4.92. The van der Waals surface area contributed by atoms with E-state index in [0.29, 0.717) is 12.0 Å². The summed E-state index contributed by atoms with van der Waals surface area (Å²) >= 11 is 0. The highest BCUT2D eigenvalue weighted by Gasteiger charge is 2.30. The minimum atomic E-state index is 0.531. The molecule has 132 valence electrons. The lowest BCUT2D eigenvalue weighted by Crippen LogP contribution is -2.45. The molecule has 2 aliphatic rings. The molecule has 1 unspecified atom stereocenters. The Morgan fingerprint density at radius 1 is 1.20 bits per heavy atom. The van der Waals surface area contributed by atoms with E-state index in [0.717, 1.165) is 37.9 Å². The van der Waals surface area contributed by atoms with E-state index in [2.05, 4.69) is 56.8 Å². The predicted molar refractivity (Wildman–Crippen MR) is 98.1 cm³/mol. The summed E-state index contributed by atoms with van der Waals surface area (Å²) in [7, 11) is 0. The molecule has 1 atom stereocenters. The molecule has 1 N–H and O–H groups in total. The first-order valence-corrected chi connectivity index (χ1v) is 9.36. The highest BCUT2D eigenvalue weighted by molar-refractivity contribution is 5.48. The molecule has 0 bridgehead atoms. The molecule has 1 aliphatic carbocycles. The third-order valence-electron chi connectivity index (χ3n) is 4.92. The van der Waals surface area contributed by atoms with Crippen LogP contribution >= 0.6 is 0 Å². The van der Waals surface area contributed by atoms with Crippen molar-refractivity contribution in [3.8, 4) is 0 Å². The van der Waals surface area contributed by atoms with E-state index in [9.17, 15) is 0 Å². The van der Waals surface area contributed by atoms with Crippen LogP contribution in [0.15, 0.2) is 40.9 Å². The van der Waals surface area contributed by atoms with Crippen molar-refractivity contribution in [3.05, 3.63) is 53.7 Å². The molecule has 1 aromatic carbocycles. The van der Waals surface area contributed by atoms with Gasteiger partial charge in [-0.3, -0.25) is 4.90 Å². The highest BCUT2D eigenvalue weighted by Crippen LogP contribution is 2.38. The summed E-state index contributed by atoms with van der Waals surface area (Å²) in [5, 5.41) is 7.79. The standard InChI is InChI=1S/C20H26N4O/c1-2-6-16(7-3-1)8-4-12-21-18-9-5-13-24(14-18)15-19-22-20(25-23-19)17-10-11-17/h1-4,6-8,17-18,21H,5,9-15H2/b8-4+. The van der Waals surface area contributed by atoms with Crippen molar-refractivity contribution in [3.63, 3.8) is 0 Å². The average molecular weight is 338 g/mol. The van der Waals surface area contributed by atoms with Crippen molar-refractivity contribution < 1.29 is 4.52 Å². The van der Waals surface area contributed by atoms with E-state index in [1.54, 1.807) is 0 Å². The van der Waals surface area contributed by atoms with Crippen LogP contribution in [0.1, 0.15) is 48.9 Å². The Morgan fingerprint density at radius 3 is 2.92 bits per heavy atom. The predicted octanol–water partition coefficient (Wildman–Crippen LogP) is 3.21. The number of hydrogen-bond acceptors (Lipinski definition) is 5. The van der Waals surface area contributed by atoms with Crippen molar-refractivity contribution >= 4 is 6.08 Å². The van der Waals surface area contributed by atoms with Crippen LogP contribution in [-0.4, -0.2) is 40.7 Å². The van der Waals surface area contributed by atoms with Gasteiger partial charge in [-0.25, -0.2) is 0 Å². The van der Waals surface area contributed by atoms with Gasteiger partial charge in [-0.15, -0.1) is 0 Å². The Morgan fingerprint density at radius 2 is 2.08 bits per heavy atom. The van der Waals surface area contributed by atoms with Crippen molar-refractivity contribution in [2.45, 2.75) is 44.2 Å². The van der Waals surface area contributed by atoms with Gasteiger partial charge in [0.15, 0.2) is 5.82 Å². The van der Waals surface area contributed by atoms with Crippen LogP contribution in [-0.2, 0) is 6.54 Å². The summed E-state index contributed by atoms with van der Waals surface area (Å²) in [6.45, 7) is 3.87. The third kappa shape index (κ3) is 4.77. The lowest BCUT2D eigenvalue weighted by Gasteiger charge is -2.32. The summed E-state index contributed by atoms with van der Waals surface area (Å²) < 4.78 is 5.37. The molecular weight excluding hydrogens is 312 g/mol. The Labute approximate surface area is 149 Å². The number of nitrogens with zero attached hydrogens (tertiary/aromatic N) is 3. The van der Waals surface area contributed by atoms with E-state index in [1.807, 2.05) is 6.07 Å². The van der Waals surface area contributed by atoms with Gasteiger partial charge in [0.25, 0.3) is 0 Å². The molecule has 5 heteroatoms. The summed E-state index contributed by atoms with van der Waals surface area (Å²) in [4.78, 5) is 6.98. The zero-order valence-corrected chi connectivity index (χ0v) is 14.6. The average Bonchev–Trinajstić information content (AvgIpc) is 3.40. The maximum Gasteiger partial charge on any atom is 0.229 e. The fourth-order valence-electron chi connectivity index (χ4n) is 3.39. The van der Waals surface area contributed by atoms with Gasteiger partial charge in [0.1, 0.15) is 0 Å². The molecule has 1 aromatic heterocycles. The van der Waals surface area contributed by atoms with Crippen LogP contribution in [0, 0.1) is 0 Å². The van der Waals surface area contributed by atoms with E-state index >= 15 is 0 Å². The quantitative estimate of drug-likeness (QED) is 0.840. The molecule has 2 aromatic rings. The number of piperidine rings is 1. The first-order valence-electron chi connectivity index (χ1n) is 9.36. The van der Waals surface area contributed by atoms with Crippen molar-refractivity contribution in [2.24, 2.45) is 0 Å². The van der Waals surface area contributed by atoms with Crippen molar-refractivity contribution in [1.29, 1.82) is 0 Å². The molecule has 5 nitrogen and oxygen atoms in total. The summed E-state index contributed by atoms with van der Waals surface area (Å²) in [5.74, 6) is 2.22. The Hall–Kier alpha value is -1.98. The Kier molecular flexibility index (Phi) is 5.23. The van der Waals surface area contributed by atoms with Crippen molar-refractivity contribution in [2.75, 3.05) is 19.6 Å². The summed E-state index contributed by atoms with van der Waals surface area (Å²) in [6, 6.07) is 11.0. The fourth-order valence-corrected chi connectivity index (χ4v) is 3.39. The first-order chi connectivity index (χ1) is 12.4. The van der Waals surface area contributed by atoms with Gasteiger partial charge in [-0.1, -0.05) is 47.6 Å². The van der Waals surface area contributed by atoms with E-state index in [1.165, 1.54) is 31.2 Å². The molecule has 25 heavy (non-hydrogen) atoms. The highest BCUT2D eigenvalue weighted by atomic mass is 16.5. The van der Waals surface area contributed by atoms with Gasteiger partial charge in [0.2, 0.25) is 5.89 Å². The van der Waals surface area contributed by atoms with Crippen LogP contribution in [0.25, 0.3) is 6.08 Å². The molecule has 1 saturated heterocycles. The van der Waals surface area contributed by atoms with Crippen molar-refractivity contribution in [1.82, 2.24) is 20.4 Å². The topological polar surface area (TPSA) is 54.2 Å². The Balaban J connectivity index is 1.22. The minimum absolute atomic E-state index is 0.531. The van der Waals surface area contributed by atoms with E-state index in [4.69, 9.17) is 4.52 Å². The summed E-state index contributed by atoms with van der Waals surface area (Å²) in [5.41, 5.74) is 1.25. The number of aromatic nitrogens is 2. The fraction of sp³-hybridized carbons (Fsp3) is 0.500. The number of likely N-dealkylation sites (tertiary alicyclic amines) is 1. The molecule has 0 amide bonds. The van der Waals surface area contributed by atoms with Crippen LogP contribution in [0.4, 0.5) is 0 Å². The number of rotatable bonds is 7. The van der Waals surface area contributed by atoms with Gasteiger partial charge < -0.3 is 9.84 Å². The maximum absolute atomic E-state index is 5.37. The van der Waals surface area contributed by atoms with Gasteiger partial charge >= 0.3 is 0 Å². The molecule has 2 heterocycles. The smallest absolute Gasteiger partial charge is 0.229 e. The summed E-state index contributed by atoms with van der Waals surface area (Å²) in [6.07, 6.45) is 9.23. The Bertz CT molecular complexity index is 693. The lowest BCUT2D eigenvalue weighted by atomic mass is 10.1. The van der Waals surface area contributed by atoms with Crippen LogP contribution < -0.4 is 5.32 Å². The van der Waals surface area contributed by atoms with Gasteiger partial charge in [-0.05, 0) is 37.8 Å². The van der Waals surface area contributed by atoms with Crippen LogP contribution in [0.5, 0.6) is 0 Å². The monoisotopic (exact) mass is 338 g/mol. The molecule has 1 saturated carbocycles. The zero-order chi connectivity index (χ0) is 16.9. The molecule has 1 aliphatic heterocycles. The number of nitrogens with one attached hydrogen (secondary N) is 1. The molecular formula is C20H26N4O. The minimum Gasteiger partial charge on any atom is -0.339 e. The molecule has 4 rings (SSSR count). The normalized spacial score (nSPS) is 21.8. The molecule has 2 fully saturated rings. The second-order valence-corrected chi connectivity index (χ2v) is 7.12. The molecule has 0 radical (unpaired) electrons. The van der Waals surface area contributed by atoms with Gasteiger partial charge in [0.05, 0.1) is 6.54 Å². The SMILES string of the molecule is C(=C\c1ccccc1)/CNC1CCCN(Cc2noc(C3CC3)n2)C1. The maximum atomic E-state index is 5.37. The largest absolute Gasteiger partial charge is 0.339 e. The second kappa shape index (κ2) is 7.93.